The first kappa shape index (κ1) is 29.5. The maximum atomic E-state index is 13.5. The standard InChI is InChI=1S/C30H42N6O4S/c1-22-28(32-21-33-29(22)31-20-26-10-7-11-27(40-26)23-8-5-4-6-9-23)30(37)36-18-14-25(15-19-36)35-16-12-24(13-17-35)34(2)41(3,38)39/h4-6,8-9,12,21,25-27H,7,10-11,13-20H2,1-3H3,(H,31,32,33)/t26-,27+/m0/s1. The maximum absolute atomic E-state index is 13.5. The minimum Gasteiger partial charge on any atom is -0.368 e. The first-order chi connectivity index (χ1) is 19.7. The second-order valence-electron chi connectivity index (χ2n) is 11.4. The molecule has 2 fully saturated rings. The Balaban J connectivity index is 1.13. The number of nitrogens with zero attached hydrogens (tertiary/aromatic N) is 5. The lowest BCUT2D eigenvalue weighted by atomic mass is 9.98. The summed E-state index contributed by atoms with van der Waals surface area (Å²) >= 11 is 0. The highest BCUT2D eigenvalue weighted by Crippen LogP contribution is 2.31. The van der Waals surface area contributed by atoms with Crippen LogP contribution in [0, 0.1) is 6.92 Å². The summed E-state index contributed by atoms with van der Waals surface area (Å²) in [6, 6.07) is 10.7. The number of benzene rings is 1. The van der Waals surface area contributed by atoms with Crippen LogP contribution in [0.3, 0.4) is 0 Å². The second-order valence-corrected chi connectivity index (χ2v) is 13.4. The van der Waals surface area contributed by atoms with Crippen molar-refractivity contribution in [2.75, 3.05) is 51.3 Å². The average molecular weight is 583 g/mol. The fraction of sp³-hybridized carbons (Fsp3) is 0.567. The van der Waals surface area contributed by atoms with Gasteiger partial charge in [-0.25, -0.2) is 18.4 Å². The fourth-order valence-electron chi connectivity index (χ4n) is 6.11. The van der Waals surface area contributed by atoms with Gasteiger partial charge in [-0.3, -0.25) is 14.0 Å². The minimum atomic E-state index is -3.24. The van der Waals surface area contributed by atoms with Crippen LogP contribution in [0.25, 0.3) is 0 Å². The topological polar surface area (TPSA) is 108 Å². The average Bonchev–Trinajstić information content (AvgIpc) is 3.00. The molecule has 0 saturated carbocycles. The molecule has 0 radical (unpaired) electrons. The van der Waals surface area contributed by atoms with Gasteiger partial charge in [-0.2, -0.15) is 0 Å². The number of amides is 1. The summed E-state index contributed by atoms with van der Waals surface area (Å²) in [6.45, 7) is 5.42. The van der Waals surface area contributed by atoms with E-state index in [4.69, 9.17) is 4.74 Å². The maximum Gasteiger partial charge on any atom is 0.272 e. The SMILES string of the molecule is Cc1c(NC[C@@H]2CCC[C@H](c3ccccc3)O2)ncnc1C(=O)N1CCC(N2CC=C(N(C)S(C)(=O)=O)CC2)CC1. The van der Waals surface area contributed by atoms with Crippen LogP contribution < -0.4 is 5.32 Å². The molecular formula is C30H42N6O4S. The van der Waals surface area contributed by atoms with Gasteiger partial charge in [-0.1, -0.05) is 36.4 Å². The van der Waals surface area contributed by atoms with Crippen molar-refractivity contribution >= 4 is 21.7 Å². The molecule has 1 aromatic carbocycles. The van der Waals surface area contributed by atoms with E-state index < -0.39 is 10.0 Å². The first-order valence-corrected chi connectivity index (χ1v) is 16.5. The monoisotopic (exact) mass is 582 g/mol. The Bertz CT molecular complexity index is 1340. The van der Waals surface area contributed by atoms with Crippen molar-refractivity contribution in [2.24, 2.45) is 0 Å². The minimum absolute atomic E-state index is 0.0555. The molecule has 2 saturated heterocycles. The molecule has 3 aliphatic heterocycles. The molecule has 10 nitrogen and oxygen atoms in total. The summed E-state index contributed by atoms with van der Waals surface area (Å²) in [5.41, 5.74) is 3.28. The lowest BCUT2D eigenvalue weighted by Crippen LogP contribution is -2.48. The molecule has 0 spiro atoms. The number of piperidine rings is 1. The van der Waals surface area contributed by atoms with Crippen LogP contribution >= 0.6 is 0 Å². The van der Waals surface area contributed by atoms with Gasteiger partial charge >= 0.3 is 0 Å². The van der Waals surface area contributed by atoms with E-state index in [0.29, 0.717) is 43.6 Å². The Hall–Kier alpha value is -3.02. The molecule has 41 heavy (non-hydrogen) atoms. The number of ether oxygens (including phenoxy) is 1. The summed E-state index contributed by atoms with van der Waals surface area (Å²) in [6.07, 6.45) is 10.5. The van der Waals surface area contributed by atoms with Crippen LogP contribution in [0.4, 0.5) is 5.82 Å². The van der Waals surface area contributed by atoms with Crippen molar-refractivity contribution in [3.8, 4) is 0 Å². The quantitative estimate of drug-likeness (QED) is 0.503. The van der Waals surface area contributed by atoms with Gasteiger partial charge in [0.2, 0.25) is 10.0 Å². The van der Waals surface area contributed by atoms with Crippen molar-refractivity contribution in [3.05, 3.63) is 65.3 Å². The number of carbonyl (C=O) groups is 1. The third kappa shape index (κ3) is 7.07. The number of hydrogen-bond acceptors (Lipinski definition) is 8. The molecule has 1 amide bonds. The smallest absolute Gasteiger partial charge is 0.272 e. The molecule has 0 aliphatic carbocycles. The number of likely N-dealkylation sites (tertiary alicyclic amines) is 1. The van der Waals surface area contributed by atoms with Crippen LogP contribution in [0.15, 0.2) is 48.4 Å². The molecule has 0 bridgehead atoms. The number of hydrogen-bond donors (Lipinski definition) is 1. The van der Waals surface area contributed by atoms with E-state index in [2.05, 4.69) is 44.5 Å². The number of carbonyl (C=O) groups excluding carboxylic acids is 1. The third-order valence-corrected chi connectivity index (χ3v) is 9.92. The second kappa shape index (κ2) is 12.9. The van der Waals surface area contributed by atoms with Gasteiger partial charge in [0.1, 0.15) is 17.8 Å². The summed E-state index contributed by atoms with van der Waals surface area (Å²) in [4.78, 5) is 26.6. The molecule has 222 valence electrons. The Morgan fingerprint density at radius 1 is 1.10 bits per heavy atom. The molecule has 2 aromatic rings. The Morgan fingerprint density at radius 3 is 2.54 bits per heavy atom. The highest BCUT2D eigenvalue weighted by atomic mass is 32.2. The van der Waals surface area contributed by atoms with Gasteiger partial charge in [-0.05, 0) is 44.6 Å². The molecular weight excluding hydrogens is 540 g/mol. The fourth-order valence-corrected chi connectivity index (χ4v) is 6.70. The number of nitrogens with one attached hydrogen (secondary N) is 1. The Kier molecular flexibility index (Phi) is 9.25. The molecule has 3 aliphatic rings. The first-order valence-electron chi connectivity index (χ1n) is 14.6. The van der Waals surface area contributed by atoms with Gasteiger partial charge < -0.3 is 15.0 Å². The molecule has 0 unspecified atom stereocenters. The number of aromatic nitrogens is 2. The zero-order chi connectivity index (χ0) is 29.0. The lowest BCUT2D eigenvalue weighted by molar-refractivity contribution is -0.0442. The molecule has 2 atom stereocenters. The van der Waals surface area contributed by atoms with Gasteiger partial charge in [-0.15, -0.1) is 0 Å². The van der Waals surface area contributed by atoms with Gasteiger partial charge in [0.25, 0.3) is 5.91 Å². The Morgan fingerprint density at radius 2 is 1.85 bits per heavy atom. The van der Waals surface area contributed by atoms with Crippen LogP contribution in [-0.2, 0) is 14.8 Å². The van der Waals surface area contributed by atoms with Crippen LogP contribution in [0.1, 0.15) is 66.2 Å². The van der Waals surface area contributed by atoms with Crippen molar-refractivity contribution < 1.29 is 17.9 Å². The summed E-state index contributed by atoms with van der Waals surface area (Å²) in [5, 5.41) is 3.42. The predicted octanol–water partition coefficient (Wildman–Crippen LogP) is 3.59. The van der Waals surface area contributed by atoms with Gasteiger partial charge in [0.05, 0.1) is 18.5 Å². The molecule has 11 heteroatoms. The largest absolute Gasteiger partial charge is 0.368 e. The van der Waals surface area contributed by atoms with Crippen LogP contribution in [-0.4, -0.2) is 96.6 Å². The highest BCUT2D eigenvalue weighted by Gasteiger charge is 2.31. The van der Waals surface area contributed by atoms with Gasteiger partial charge in [0.15, 0.2) is 0 Å². The molecule has 5 rings (SSSR count). The molecule has 1 aromatic heterocycles. The van der Waals surface area contributed by atoms with E-state index in [-0.39, 0.29) is 18.1 Å². The van der Waals surface area contributed by atoms with E-state index in [9.17, 15) is 13.2 Å². The van der Waals surface area contributed by atoms with E-state index in [1.165, 1.54) is 22.5 Å². The van der Waals surface area contributed by atoms with Crippen molar-refractivity contribution in [3.63, 3.8) is 0 Å². The number of rotatable bonds is 8. The van der Waals surface area contributed by atoms with E-state index >= 15 is 0 Å². The van der Waals surface area contributed by atoms with Crippen molar-refractivity contribution in [1.29, 1.82) is 0 Å². The molecule has 1 N–H and O–H groups in total. The van der Waals surface area contributed by atoms with Crippen molar-refractivity contribution in [1.82, 2.24) is 24.1 Å². The summed E-state index contributed by atoms with van der Waals surface area (Å²) in [7, 11) is -1.62. The number of sulfonamides is 1. The normalized spacial score (nSPS) is 22.7. The van der Waals surface area contributed by atoms with Crippen molar-refractivity contribution in [2.45, 2.75) is 63.7 Å². The number of anilines is 1. The van der Waals surface area contributed by atoms with E-state index in [1.54, 1.807) is 7.05 Å². The zero-order valence-corrected chi connectivity index (χ0v) is 25.1. The van der Waals surface area contributed by atoms with Gasteiger partial charge in [0, 0.05) is 63.5 Å². The highest BCUT2D eigenvalue weighted by molar-refractivity contribution is 7.88. The Labute approximate surface area is 243 Å². The van der Waals surface area contributed by atoms with E-state index in [0.717, 1.165) is 56.5 Å². The third-order valence-electron chi connectivity index (χ3n) is 8.69. The van der Waals surface area contributed by atoms with Crippen LogP contribution in [0.5, 0.6) is 0 Å². The predicted molar refractivity (Wildman–Crippen MR) is 159 cm³/mol. The lowest BCUT2D eigenvalue weighted by Gasteiger charge is -2.40. The van der Waals surface area contributed by atoms with Crippen LogP contribution in [0.2, 0.25) is 0 Å². The zero-order valence-electron chi connectivity index (χ0n) is 24.3. The van der Waals surface area contributed by atoms with E-state index in [1.807, 2.05) is 24.0 Å². The summed E-state index contributed by atoms with van der Waals surface area (Å²) < 4.78 is 31.5. The molecule has 4 heterocycles. The summed E-state index contributed by atoms with van der Waals surface area (Å²) in [5.74, 6) is 0.624.